The largest absolute Gasteiger partial charge is 0.492 e. The molecule has 0 unspecified atom stereocenters. The molecule has 2 N–H and O–H groups in total. The summed E-state index contributed by atoms with van der Waals surface area (Å²) >= 11 is 1.64. The van der Waals surface area contributed by atoms with Gasteiger partial charge in [-0.15, -0.1) is 11.3 Å². The molecule has 0 saturated carbocycles. The van der Waals surface area contributed by atoms with Gasteiger partial charge in [0.2, 0.25) is 0 Å². The monoisotopic (exact) mass is 234 g/mol. The SMILES string of the molecule is Cc1csc(-c2cccc(OCCN)c2)n1. The molecule has 0 spiro atoms. The van der Waals surface area contributed by atoms with Crippen LogP contribution in [0.2, 0.25) is 0 Å². The number of aryl methyl sites for hydroxylation is 1. The highest BCUT2D eigenvalue weighted by Crippen LogP contribution is 2.26. The first kappa shape index (κ1) is 11.1. The fraction of sp³-hybridized carbons (Fsp3) is 0.250. The van der Waals surface area contributed by atoms with Crippen molar-refractivity contribution in [2.75, 3.05) is 13.2 Å². The van der Waals surface area contributed by atoms with Gasteiger partial charge in [-0.1, -0.05) is 12.1 Å². The van der Waals surface area contributed by atoms with E-state index in [4.69, 9.17) is 10.5 Å². The molecule has 0 fully saturated rings. The van der Waals surface area contributed by atoms with Gasteiger partial charge in [0.15, 0.2) is 0 Å². The molecule has 1 heterocycles. The summed E-state index contributed by atoms with van der Waals surface area (Å²) in [6.07, 6.45) is 0. The molecule has 2 aromatic rings. The molecule has 0 radical (unpaired) electrons. The Labute approximate surface area is 98.9 Å². The van der Waals surface area contributed by atoms with Crippen LogP contribution in [0.25, 0.3) is 10.6 Å². The molecule has 0 saturated heterocycles. The predicted molar refractivity (Wildman–Crippen MR) is 66.8 cm³/mol. The first-order chi connectivity index (χ1) is 7.79. The number of thiazole rings is 1. The van der Waals surface area contributed by atoms with Gasteiger partial charge in [-0.05, 0) is 19.1 Å². The second-order valence-corrected chi connectivity index (χ2v) is 4.32. The summed E-state index contributed by atoms with van der Waals surface area (Å²) in [6, 6.07) is 7.93. The normalized spacial score (nSPS) is 10.4. The van der Waals surface area contributed by atoms with E-state index < -0.39 is 0 Å². The first-order valence-electron chi connectivity index (χ1n) is 5.15. The molecule has 16 heavy (non-hydrogen) atoms. The number of aromatic nitrogens is 1. The summed E-state index contributed by atoms with van der Waals surface area (Å²) in [5.74, 6) is 0.843. The van der Waals surface area contributed by atoms with Crippen molar-refractivity contribution in [2.24, 2.45) is 5.73 Å². The van der Waals surface area contributed by atoms with Gasteiger partial charge in [-0.3, -0.25) is 0 Å². The van der Waals surface area contributed by atoms with E-state index in [2.05, 4.69) is 4.98 Å². The van der Waals surface area contributed by atoms with E-state index in [0.29, 0.717) is 13.2 Å². The van der Waals surface area contributed by atoms with Gasteiger partial charge in [0.1, 0.15) is 17.4 Å². The number of hydrogen-bond donors (Lipinski definition) is 1. The lowest BCUT2D eigenvalue weighted by molar-refractivity contribution is 0.328. The second-order valence-electron chi connectivity index (χ2n) is 3.46. The van der Waals surface area contributed by atoms with Crippen LogP contribution in [0, 0.1) is 6.92 Å². The maximum Gasteiger partial charge on any atom is 0.123 e. The Morgan fingerprint density at radius 1 is 1.44 bits per heavy atom. The molecule has 4 heteroatoms. The van der Waals surface area contributed by atoms with Crippen LogP contribution in [0.5, 0.6) is 5.75 Å². The smallest absolute Gasteiger partial charge is 0.123 e. The minimum atomic E-state index is 0.528. The highest BCUT2D eigenvalue weighted by molar-refractivity contribution is 7.13. The fourth-order valence-electron chi connectivity index (χ4n) is 1.38. The molecule has 3 nitrogen and oxygen atoms in total. The summed E-state index contributed by atoms with van der Waals surface area (Å²) in [7, 11) is 0. The zero-order valence-corrected chi connectivity index (χ0v) is 9.96. The molecule has 0 atom stereocenters. The topological polar surface area (TPSA) is 48.1 Å². The van der Waals surface area contributed by atoms with Crippen molar-refractivity contribution in [1.82, 2.24) is 4.98 Å². The highest BCUT2D eigenvalue weighted by atomic mass is 32.1. The lowest BCUT2D eigenvalue weighted by Crippen LogP contribution is -2.10. The van der Waals surface area contributed by atoms with E-state index in [0.717, 1.165) is 22.0 Å². The summed E-state index contributed by atoms with van der Waals surface area (Å²) < 4.78 is 5.48. The van der Waals surface area contributed by atoms with Crippen molar-refractivity contribution >= 4 is 11.3 Å². The first-order valence-corrected chi connectivity index (χ1v) is 6.03. The molecule has 1 aromatic heterocycles. The van der Waals surface area contributed by atoms with Crippen LogP contribution in [0.4, 0.5) is 0 Å². The average molecular weight is 234 g/mol. The summed E-state index contributed by atoms with van der Waals surface area (Å²) in [6.45, 7) is 3.07. The Kier molecular flexibility index (Phi) is 3.54. The molecular weight excluding hydrogens is 220 g/mol. The van der Waals surface area contributed by atoms with Gasteiger partial charge < -0.3 is 10.5 Å². The lowest BCUT2D eigenvalue weighted by atomic mass is 10.2. The minimum Gasteiger partial charge on any atom is -0.492 e. The molecule has 0 aliphatic heterocycles. The number of hydrogen-bond acceptors (Lipinski definition) is 4. The van der Waals surface area contributed by atoms with Crippen LogP contribution in [0.15, 0.2) is 29.6 Å². The Hall–Kier alpha value is -1.39. The van der Waals surface area contributed by atoms with Gasteiger partial charge in [0.05, 0.1) is 0 Å². The minimum absolute atomic E-state index is 0.528. The number of rotatable bonds is 4. The molecule has 0 aliphatic carbocycles. The van der Waals surface area contributed by atoms with E-state index in [1.807, 2.05) is 36.6 Å². The summed E-state index contributed by atoms with van der Waals surface area (Å²) in [4.78, 5) is 4.44. The van der Waals surface area contributed by atoms with Crippen LogP contribution in [-0.4, -0.2) is 18.1 Å². The van der Waals surface area contributed by atoms with Crippen molar-refractivity contribution < 1.29 is 4.74 Å². The molecule has 0 amide bonds. The second kappa shape index (κ2) is 5.09. The molecular formula is C12H14N2OS. The third-order valence-corrected chi connectivity index (χ3v) is 3.10. The van der Waals surface area contributed by atoms with Gasteiger partial charge in [0.25, 0.3) is 0 Å². The number of nitrogens with zero attached hydrogens (tertiary/aromatic N) is 1. The van der Waals surface area contributed by atoms with Crippen molar-refractivity contribution in [3.05, 3.63) is 35.3 Å². The molecule has 0 aliphatic rings. The maximum atomic E-state index is 5.48. The van der Waals surface area contributed by atoms with Crippen molar-refractivity contribution in [1.29, 1.82) is 0 Å². The van der Waals surface area contributed by atoms with Crippen LogP contribution in [0.3, 0.4) is 0 Å². The lowest BCUT2D eigenvalue weighted by Gasteiger charge is -2.05. The fourth-order valence-corrected chi connectivity index (χ4v) is 2.18. The Bertz CT molecular complexity index is 468. The van der Waals surface area contributed by atoms with Crippen molar-refractivity contribution in [3.63, 3.8) is 0 Å². The Morgan fingerprint density at radius 2 is 2.31 bits per heavy atom. The zero-order chi connectivity index (χ0) is 11.4. The highest BCUT2D eigenvalue weighted by Gasteiger charge is 2.03. The maximum absolute atomic E-state index is 5.48. The number of ether oxygens (including phenoxy) is 1. The third kappa shape index (κ3) is 2.59. The number of benzene rings is 1. The molecule has 1 aromatic carbocycles. The standard InChI is InChI=1S/C12H14N2OS/c1-9-8-16-12(14-9)10-3-2-4-11(7-10)15-6-5-13/h2-4,7-8H,5-6,13H2,1H3. The van der Waals surface area contributed by atoms with Crippen molar-refractivity contribution in [2.45, 2.75) is 6.92 Å². The third-order valence-electron chi connectivity index (χ3n) is 2.09. The van der Waals surface area contributed by atoms with Crippen LogP contribution in [-0.2, 0) is 0 Å². The zero-order valence-electron chi connectivity index (χ0n) is 9.14. The van der Waals surface area contributed by atoms with E-state index in [1.54, 1.807) is 11.3 Å². The van der Waals surface area contributed by atoms with Crippen LogP contribution < -0.4 is 10.5 Å². The van der Waals surface area contributed by atoms with Gasteiger partial charge in [-0.2, -0.15) is 0 Å². The van der Waals surface area contributed by atoms with Gasteiger partial charge in [0, 0.05) is 23.2 Å². The van der Waals surface area contributed by atoms with E-state index in [-0.39, 0.29) is 0 Å². The van der Waals surface area contributed by atoms with Crippen LogP contribution >= 0.6 is 11.3 Å². The van der Waals surface area contributed by atoms with E-state index >= 15 is 0 Å². The number of nitrogens with two attached hydrogens (primary N) is 1. The van der Waals surface area contributed by atoms with E-state index in [1.165, 1.54) is 0 Å². The summed E-state index contributed by atoms with van der Waals surface area (Å²) in [5.41, 5.74) is 7.53. The van der Waals surface area contributed by atoms with Crippen LogP contribution in [0.1, 0.15) is 5.69 Å². The average Bonchev–Trinajstić information content (AvgIpc) is 2.74. The predicted octanol–water partition coefficient (Wildman–Crippen LogP) is 2.46. The van der Waals surface area contributed by atoms with Gasteiger partial charge >= 0.3 is 0 Å². The quantitative estimate of drug-likeness (QED) is 0.884. The Morgan fingerprint density at radius 3 is 3.00 bits per heavy atom. The molecule has 84 valence electrons. The molecule has 2 rings (SSSR count). The summed E-state index contributed by atoms with van der Waals surface area (Å²) in [5, 5.41) is 3.07. The van der Waals surface area contributed by atoms with Crippen molar-refractivity contribution in [3.8, 4) is 16.3 Å². The van der Waals surface area contributed by atoms with Gasteiger partial charge in [-0.25, -0.2) is 4.98 Å². The Balaban J connectivity index is 2.22. The molecule has 0 bridgehead atoms. The van der Waals surface area contributed by atoms with E-state index in [9.17, 15) is 0 Å².